The molecule has 0 bridgehead atoms. The van der Waals surface area contributed by atoms with Crippen LogP contribution in [0.25, 0.3) is 0 Å². The van der Waals surface area contributed by atoms with Crippen LogP contribution in [-0.4, -0.2) is 6.54 Å². The number of nitrogens with two attached hydrogens (primary N) is 1. The third-order valence-electron chi connectivity index (χ3n) is 2.13. The lowest BCUT2D eigenvalue weighted by Crippen LogP contribution is -2.28. The zero-order chi connectivity index (χ0) is 13.8. The molecule has 17 heavy (non-hydrogen) atoms. The summed E-state index contributed by atoms with van der Waals surface area (Å²) in [4.78, 5) is 0. The second-order valence-electron chi connectivity index (χ2n) is 5.79. The molecule has 0 aromatic rings. The van der Waals surface area contributed by atoms with E-state index < -0.39 is 17.6 Å². The van der Waals surface area contributed by atoms with E-state index in [1.807, 2.05) is 20.8 Å². The number of rotatable bonds is 4. The normalized spacial score (nSPS) is 15.6. The summed E-state index contributed by atoms with van der Waals surface area (Å²) >= 11 is 0. The minimum Gasteiger partial charge on any atom is -0.401 e. The average molecular weight is 246 g/mol. The third kappa shape index (κ3) is 5.71. The van der Waals surface area contributed by atoms with E-state index in [0.29, 0.717) is 6.54 Å². The van der Waals surface area contributed by atoms with Gasteiger partial charge in [0.15, 0.2) is 5.83 Å². The second kappa shape index (κ2) is 6.03. The van der Waals surface area contributed by atoms with Crippen LogP contribution in [0.15, 0.2) is 23.0 Å². The van der Waals surface area contributed by atoms with Gasteiger partial charge in [0.1, 0.15) is 5.83 Å². The Kier molecular flexibility index (Phi) is 5.66. The summed E-state index contributed by atoms with van der Waals surface area (Å²) in [5.74, 6) is -2.14. The fourth-order valence-electron chi connectivity index (χ4n) is 1.12. The first-order valence-electron chi connectivity index (χ1n) is 5.82. The molecule has 4 heteroatoms. The first kappa shape index (κ1) is 15.9. The molecule has 3 N–H and O–H groups in total. The molecule has 0 radical (unpaired) electrons. The van der Waals surface area contributed by atoms with E-state index in [9.17, 15) is 8.78 Å². The van der Waals surface area contributed by atoms with Gasteiger partial charge in [-0.05, 0) is 12.3 Å². The van der Waals surface area contributed by atoms with Gasteiger partial charge in [0.2, 0.25) is 0 Å². The van der Waals surface area contributed by atoms with Gasteiger partial charge in [-0.1, -0.05) is 34.6 Å². The summed E-state index contributed by atoms with van der Waals surface area (Å²) in [6.45, 7) is 11.3. The van der Waals surface area contributed by atoms with E-state index in [2.05, 4.69) is 5.32 Å². The molecule has 0 aromatic carbocycles. The molecule has 0 rings (SSSR count). The highest BCUT2D eigenvalue weighted by Crippen LogP contribution is 2.24. The predicted molar refractivity (Wildman–Crippen MR) is 68.4 cm³/mol. The van der Waals surface area contributed by atoms with Crippen LogP contribution < -0.4 is 11.1 Å². The highest BCUT2D eigenvalue weighted by atomic mass is 19.2. The van der Waals surface area contributed by atoms with Crippen molar-refractivity contribution in [2.24, 2.45) is 17.1 Å². The molecule has 0 unspecified atom stereocenters. The molecule has 0 saturated carbocycles. The summed E-state index contributed by atoms with van der Waals surface area (Å²) in [6.07, 6.45) is 0. The Morgan fingerprint density at radius 3 is 2.00 bits per heavy atom. The molecular formula is C13H24F2N2. The summed E-state index contributed by atoms with van der Waals surface area (Å²) in [6, 6.07) is 0. The number of hydrogen-bond donors (Lipinski definition) is 2. The van der Waals surface area contributed by atoms with Crippen LogP contribution in [0, 0.1) is 11.3 Å². The first-order chi connectivity index (χ1) is 7.56. The standard InChI is InChI=1S/C13H24F2N2/c1-8(2)10(14)11(15)12(9(3)16)17-7-13(4,5)6/h8,17H,7,16H2,1-6H3/b11-10-,12-9-. The van der Waals surface area contributed by atoms with Crippen LogP contribution in [-0.2, 0) is 0 Å². The molecule has 0 aliphatic heterocycles. The van der Waals surface area contributed by atoms with Gasteiger partial charge in [0.25, 0.3) is 0 Å². The average Bonchev–Trinajstić information content (AvgIpc) is 2.13. The molecule has 0 heterocycles. The van der Waals surface area contributed by atoms with Crippen LogP contribution in [0.5, 0.6) is 0 Å². The quantitative estimate of drug-likeness (QED) is 0.743. The topological polar surface area (TPSA) is 38.0 Å². The van der Waals surface area contributed by atoms with Crippen LogP contribution in [0.2, 0.25) is 0 Å². The van der Waals surface area contributed by atoms with Crippen LogP contribution in [0.1, 0.15) is 41.5 Å². The summed E-state index contributed by atoms with van der Waals surface area (Å²) < 4.78 is 27.4. The lowest BCUT2D eigenvalue weighted by atomic mass is 9.96. The zero-order valence-electron chi connectivity index (χ0n) is 11.6. The van der Waals surface area contributed by atoms with E-state index in [0.717, 1.165) is 0 Å². The van der Waals surface area contributed by atoms with Crippen molar-refractivity contribution < 1.29 is 8.78 Å². The SMILES string of the molecule is C/C(N)=C(NCC(C)(C)C)\C(F)=C(\F)C(C)C. The largest absolute Gasteiger partial charge is 0.401 e. The van der Waals surface area contributed by atoms with Crippen molar-refractivity contribution in [2.75, 3.05) is 6.54 Å². The van der Waals surface area contributed by atoms with Gasteiger partial charge in [-0.25, -0.2) is 8.78 Å². The van der Waals surface area contributed by atoms with E-state index in [1.165, 1.54) is 0 Å². The van der Waals surface area contributed by atoms with Gasteiger partial charge in [-0.15, -0.1) is 0 Å². The van der Waals surface area contributed by atoms with Crippen molar-refractivity contribution >= 4 is 0 Å². The number of nitrogens with one attached hydrogen (secondary N) is 1. The molecule has 0 amide bonds. The molecular weight excluding hydrogens is 222 g/mol. The van der Waals surface area contributed by atoms with Crippen LogP contribution in [0.3, 0.4) is 0 Å². The minimum atomic E-state index is -0.885. The molecule has 0 aromatic heterocycles. The number of allylic oxidation sites excluding steroid dienone is 3. The highest BCUT2D eigenvalue weighted by Gasteiger charge is 2.18. The van der Waals surface area contributed by atoms with Crippen LogP contribution in [0.4, 0.5) is 8.78 Å². The fraction of sp³-hybridized carbons (Fsp3) is 0.692. The van der Waals surface area contributed by atoms with Crippen molar-refractivity contribution in [1.82, 2.24) is 5.32 Å². The molecule has 0 atom stereocenters. The molecule has 0 fully saturated rings. The van der Waals surface area contributed by atoms with E-state index in [4.69, 9.17) is 5.73 Å². The highest BCUT2D eigenvalue weighted by molar-refractivity contribution is 5.30. The second-order valence-corrected chi connectivity index (χ2v) is 5.79. The summed E-state index contributed by atoms with van der Waals surface area (Å²) in [5, 5.41) is 2.88. The van der Waals surface area contributed by atoms with Gasteiger partial charge in [0, 0.05) is 18.2 Å². The van der Waals surface area contributed by atoms with Crippen molar-refractivity contribution in [3.63, 3.8) is 0 Å². The fourth-order valence-corrected chi connectivity index (χ4v) is 1.12. The van der Waals surface area contributed by atoms with E-state index in [1.54, 1.807) is 20.8 Å². The van der Waals surface area contributed by atoms with Gasteiger partial charge in [-0.2, -0.15) is 0 Å². The van der Waals surface area contributed by atoms with Crippen molar-refractivity contribution in [3.8, 4) is 0 Å². The Morgan fingerprint density at radius 2 is 1.71 bits per heavy atom. The summed E-state index contributed by atoms with van der Waals surface area (Å²) in [5.41, 5.74) is 5.86. The Morgan fingerprint density at radius 1 is 1.24 bits per heavy atom. The van der Waals surface area contributed by atoms with Crippen molar-refractivity contribution in [3.05, 3.63) is 23.0 Å². The smallest absolute Gasteiger partial charge is 0.179 e. The number of hydrogen-bond acceptors (Lipinski definition) is 2. The predicted octanol–water partition coefficient (Wildman–Crippen LogP) is 3.62. The molecule has 100 valence electrons. The molecule has 0 aliphatic carbocycles. The van der Waals surface area contributed by atoms with Gasteiger partial charge in [-0.3, -0.25) is 0 Å². The Hall–Kier alpha value is -1.06. The van der Waals surface area contributed by atoms with Crippen LogP contribution >= 0.6 is 0 Å². The Labute approximate surface area is 103 Å². The van der Waals surface area contributed by atoms with Gasteiger partial charge < -0.3 is 11.1 Å². The van der Waals surface area contributed by atoms with E-state index in [-0.39, 0.29) is 16.8 Å². The Balaban J connectivity index is 5.05. The zero-order valence-corrected chi connectivity index (χ0v) is 11.6. The summed E-state index contributed by atoms with van der Waals surface area (Å²) in [7, 11) is 0. The lowest BCUT2D eigenvalue weighted by Gasteiger charge is -2.21. The minimum absolute atomic E-state index is 0.0325. The third-order valence-corrected chi connectivity index (χ3v) is 2.13. The Bertz CT molecular complexity index is 319. The number of halogens is 2. The van der Waals surface area contributed by atoms with Gasteiger partial charge >= 0.3 is 0 Å². The van der Waals surface area contributed by atoms with E-state index >= 15 is 0 Å². The maximum atomic E-state index is 13.8. The molecule has 2 nitrogen and oxygen atoms in total. The monoisotopic (exact) mass is 246 g/mol. The maximum absolute atomic E-state index is 13.8. The molecule has 0 spiro atoms. The van der Waals surface area contributed by atoms with Crippen molar-refractivity contribution in [1.29, 1.82) is 0 Å². The molecule has 0 saturated heterocycles. The molecule has 0 aliphatic rings. The van der Waals surface area contributed by atoms with Gasteiger partial charge in [0.05, 0.1) is 5.70 Å². The maximum Gasteiger partial charge on any atom is 0.179 e. The van der Waals surface area contributed by atoms with Crippen molar-refractivity contribution in [2.45, 2.75) is 41.5 Å². The lowest BCUT2D eigenvalue weighted by molar-refractivity contribution is 0.388. The first-order valence-corrected chi connectivity index (χ1v) is 5.82.